The van der Waals surface area contributed by atoms with Crippen molar-refractivity contribution < 1.29 is 32.9 Å². The second-order valence-corrected chi connectivity index (χ2v) is 10.8. The fraction of sp³-hybridized carbons (Fsp3) is 0.520. The van der Waals surface area contributed by atoms with Gasteiger partial charge in [0.15, 0.2) is 0 Å². The van der Waals surface area contributed by atoms with Gasteiger partial charge >= 0.3 is 12.3 Å². The van der Waals surface area contributed by atoms with Gasteiger partial charge in [-0.05, 0) is 38.3 Å². The van der Waals surface area contributed by atoms with Gasteiger partial charge in [-0.1, -0.05) is 12.1 Å². The second kappa shape index (κ2) is 11.1. The van der Waals surface area contributed by atoms with Crippen molar-refractivity contribution in [1.29, 1.82) is 0 Å². The molecule has 2 aromatic heterocycles. The normalized spacial score (nSPS) is 23.4. The topological polar surface area (TPSA) is 133 Å². The number of aliphatic hydroxyl groups excluding tert-OH is 2. The molecule has 39 heavy (non-hydrogen) atoms. The molecule has 1 aliphatic carbocycles. The Bertz CT molecular complexity index is 1300. The lowest BCUT2D eigenvalue weighted by atomic mass is 10.1. The van der Waals surface area contributed by atoms with Crippen LogP contribution in [0.15, 0.2) is 24.3 Å². The average molecular weight is 567 g/mol. The summed E-state index contributed by atoms with van der Waals surface area (Å²) < 4.78 is 44.9. The number of thiazole rings is 1. The molecular weight excluding hydrogens is 537 g/mol. The molecule has 210 valence electrons. The average Bonchev–Trinajstić information content (AvgIpc) is 3.62. The van der Waals surface area contributed by atoms with Gasteiger partial charge in [0.2, 0.25) is 5.95 Å². The maximum Gasteiger partial charge on any atom is 0.409 e. The molecule has 10 nitrogen and oxygen atoms in total. The van der Waals surface area contributed by atoms with Crippen LogP contribution in [0.3, 0.4) is 0 Å². The molecular formula is C25H29F3N6O4S. The van der Waals surface area contributed by atoms with Crippen LogP contribution < -0.4 is 10.6 Å². The van der Waals surface area contributed by atoms with Crippen LogP contribution in [-0.4, -0.2) is 86.8 Å². The van der Waals surface area contributed by atoms with E-state index in [1.807, 2.05) is 24.3 Å². The third-order valence-corrected chi connectivity index (χ3v) is 8.01. The van der Waals surface area contributed by atoms with E-state index in [1.54, 1.807) is 11.8 Å². The number of amides is 1. The van der Waals surface area contributed by atoms with E-state index in [1.165, 1.54) is 11.3 Å². The summed E-state index contributed by atoms with van der Waals surface area (Å²) in [5.74, 6) is -0.598. The molecule has 0 radical (unpaired) electrons. The number of halogens is 3. The number of para-hydroxylation sites is 1. The summed E-state index contributed by atoms with van der Waals surface area (Å²) in [6.07, 6.45) is -5.25. The Hall–Kier alpha value is -3.23. The lowest BCUT2D eigenvalue weighted by Crippen LogP contribution is -2.36. The van der Waals surface area contributed by atoms with Gasteiger partial charge in [0.25, 0.3) is 0 Å². The van der Waals surface area contributed by atoms with Crippen molar-refractivity contribution in [3.63, 3.8) is 0 Å². The SMILES string of the molecule is Cc1nc(NCC(F)(F)F)nc(N[C@@H]2CC(COC(=O)N3CCCC3)[C@@H](O)[C@H]2O)c1-c1nc2ccccc2s1. The minimum Gasteiger partial charge on any atom is -0.449 e. The van der Waals surface area contributed by atoms with Gasteiger partial charge in [-0.2, -0.15) is 18.2 Å². The number of benzene rings is 1. The van der Waals surface area contributed by atoms with E-state index in [4.69, 9.17) is 4.74 Å². The molecule has 3 aromatic rings. The van der Waals surface area contributed by atoms with Crippen LogP contribution in [0.2, 0.25) is 0 Å². The van der Waals surface area contributed by atoms with Crippen molar-refractivity contribution in [2.75, 3.05) is 36.9 Å². The van der Waals surface area contributed by atoms with E-state index in [9.17, 15) is 28.2 Å². The summed E-state index contributed by atoms with van der Waals surface area (Å²) in [6, 6.07) is 6.77. The van der Waals surface area contributed by atoms with E-state index < -0.39 is 43.0 Å². The molecule has 1 saturated heterocycles. The quantitative estimate of drug-likeness (QED) is 0.337. The molecule has 4 atom stereocenters. The number of rotatable bonds is 7. The minimum atomic E-state index is -4.47. The molecule has 4 N–H and O–H groups in total. The first-order chi connectivity index (χ1) is 18.6. The van der Waals surface area contributed by atoms with Gasteiger partial charge in [0.05, 0.1) is 40.2 Å². The highest BCUT2D eigenvalue weighted by atomic mass is 32.1. The Morgan fingerprint density at radius 2 is 1.90 bits per heavy atom. The van der Waals surface area contributed by atoms with Crippen LogP contribution in [0.4, 0.5) is 29.7 Å². The zero-order chi connectivity index (χ0) is 27.7. The summed E-state index contributed by atoms with van der Waals surface area (Å²) in [4.78, 5) is 27.1. The lowest BCUT2D eigenvalue weighted by Gasteiger charge is -2.21. The van der Waals surface area contributed by atoms with Gasteiger partial charge in [0, 0.05) is 19.0 Å². The fourth-order valence-electron chi connectivity index (χ4n) is 4.95. The van der Waals surface area contributed by atoms with Crippen LogP contribution in [0.25, 0.3) is 20.8 Å². The molecule has 0 spiro atoms. The third-order valence-electron chi connectivity index (χ3n) is 6.95. The Balaban J connectivity index is 1.39. The van der Waals surface area contributed by atoms with Crippen molar-refractivity contribution >= 4 is 39.4 Å². The van der Waals surface area contributed by atoms with Crippen molar-refractivity contribution in [3.05, 3.63) is 30.0 Å². The number of hydrogen-bond donors (Lipinski definition) is 4. The Morgan fingerprint density at radius 1 is 1.15 bits per heavy atom. The summed E-state index contributed by atoms with van der Waals surface area (Å²) in [6.45, 7) is 1.52. The first-order valence-corrected chi connectivity index (χ1v) is 13.5. The third kappa shape index (κ3) is 6.17. The molecule has 1 aliphatic heterocycles. The first-order valence-electron chi connectivity index (χ1n) is 12.7. The zero-order valence-corrected chi connectivity index (χ0v) is 21.9. The number of hydrogen-bond acceptors (Lipinski definition) is 10. The largest absolute Gasteiger partial charge is 0.449 e. The number of aliphatic hydroxyl groups is 2. The summed E-state index contributed by atoms with van der Waals surface area (Å²) in [5, 5.41) is 27.4. The molecule has 2 fully saturated rings. The molecule has 1 aromatic carbocycles. The number of nitrogens with zero attached hydrogens (tertiary/aromatic N) is 4. The van der Waals surface area contributed by atoms with Gasteiger partial charge in [0.1, 0.15) is 23.5 Å². The van der Waals surface area contributed by atoms with E-state index in [-0.39, 0.29) is 24.8 Å². The Labute approximate surface area is 226 Å². The molecule has 1 saturated carbocycles. The highest BCUT2D eigenvalue weighted by molar-refractivity contribution is 7.21. The molecule has 1 unspecified atom stereocenters. The number of aryl methyl sites for hydroxylation is 1. The number of carbonyl (C=O) groups is 1. The van der Waals surface area contributed by atoms with E-state index in [0.29, 0.717) is 29.4 Å². The van der Waals surface area contributed by atoms with Crippen LogP contribution in [0.1, 0.15) is 25.0 Å². The number of nitrogens with one attached hydrogen (secondary N) is 2. The van der Waals surface area contributed by atoms with Crippen molar-refractivity contribution in [2.45, 2.75) is 50.6 Å². The molecule has 14 heteroatoms. The number of fused-ring (bicyclic) bond motifs is 1. The van der Waals surface area contributed by atoms with Crippen LogP contribution in [0, 0.1) is 12.8 Å². The molecule has 1 amide bonds. The maximum atomic E-state index is 12.9. The van der Waals surface area contributed by atoms with Crippen LogP contribution in [0.5, 0.6) is 0 Å². The molecule has 3 heterocycles. The number of alkyl halides is 3. The number of anilines is 2. The summed E-state index contributed by atoms with van der Waals surface area (Å²) in [7, 11) is 0. The van der Waals surface area contributed by atoms with Crippen LogP contribution >= 0.6 is 11.3 Å². The van der Waals surface area contributed by atoms with Crippen molar-refractivity contribution in [1.82, 2.24) is 19.9 Å². The Morgan fingerprint density at radius 3 is 2.62 bits per heavy atom. The minimum absolute atomic E-state index is 0.0718. The van der Waals surface area contributed by atoms with Gasteiger partial charge in [-0.25, -0.2) is 14.8 Å². The van der Waals surface area contributed by atoms with E-state index >= 15 is 0 Å². The standard InChI is InChI=1S/C25H29F3N6O4S/c1-13-18(22-32-15-6-2-3-7-17(15)39-22)21(33-23(30-13)29-12-25(26,27)28)31-16-10-14(19(35)20(16)36)11-38-24(37)34-8-4-5-9-34/h2-3,6-7,14,16,19-20,35-36H,4-5,8-12H2,1H3,(H2,29,30,31,33)/t14?,16-,19-,20+/m1/s1. The van der Waals surface area contributed by atoms with Crippen molar-refractivity contribution in [2.24, 2.45) is 5.92 Å². The predicted molar refractivity (Wildman–Crippen MR) is 140 cm³/mol. The molecule has 0 bridgehead atoms. The van der Waals surface area contributed by atoms with Gasteiger partial charge < -0.3 is 30.5 Å². The Kier molecular flexibility index (Phi) is 7.78. The van der Waals surface area contributed by atoms with E-state index in [0.717, 1.165) is 23.1 Å². The number of carbonyl (C=O) groups excluding carboxylic acids is 1. The highest BCUT2D eigenvalue weighted by Crippen LogP contribution is 2.38. The monoisotopic (exact) mass is 566 g/mol. The van der Waals surface area contributed by atoms with Crippen LogP contribution in [-0.2, 0) is 4.74 Å². The maximum absolute atomic E-state index is 12.9. The van der Waals surface area contributed by atoms with Crippen molar-refractivity contribution in [3.8, 4) is 10.6 Å². The second-order valence-electron chi connectivity index (χ2n) is 9.81. The molecule has 2 aliphatic rings. The fourth-order valence-corrected chi connectivity index (χ4v) is 6.01. The number of ether oxygens (including phenoxy) is 1. The van der Waals surface area contributed by atoms with E-state index in [2.05, 4.69) is 25.6 Å². The highest BCUT2D eigenvalue weighted by Gasteiger charge is 2.43. The predicted octanol–water partition coefficient (Wildman–Crippen LogP) is 3.79. The summed E-state index contributed by atoms with van der Waals surface area (Å²) in [5.41, 5.74) is 1.62. The number of aromatic nitrogens is 3. The van der Waals surface area contributed by atoms with Gasteiger partial charge in [-0.15, -0.1) is 11.3 Å². The molecule has 5 rings (SSSR count). The smallest absolute Gasteiger partial charge is 0.409 e. The first kappa shape index (κ1) is 27.3. The summed E-state index contributed by atoms with van der Waals surface area (Å²) >= 11 is 1.38. The zero-order valence-electron chi connectivity index (χ0n) is 21.1. The number of likely N-dealkylation sites (tertiary alicyclic amines) is 1. The lowest BCUT2D eigenvalue weighted by molar-refractivity contribution is -0.115. The van der Waals surface area contributed by atoms with Gasteiger partial charge in [-0.3, -0.25) is 0 Å².